The van der Waals surface area contributed by atoms with Crippen molar-refractivity contribution in [2.45, 2.75) is 20.3 Å². The van der Waals surface area contributed by atoms with Crippen molar-refractivity contribution in [1.29, 1.82) is 0 Å². The lowest BCUT2D eigenvalue weighted by Gasteiger charge is -2.17. The molecule has 0 saturated carbocycles. The maximum absolute atomic E-state index is 12.8. The minimum atomic E-state index is -0.362. The molecule has 0 amide bonds. The summed E-state index contributed by atoms with van der Waals surface area (Å²) in [5, 5.41) is 10.9. The van der Waals surface area contributed by atoms with Crippen molar-refractivity contribution in [2.75, 3.05) is 21.0 Å². The zero-order chi connectivity index (χ0) is 20.5. The third-order valence-corrected chi connectivity index (χ3v) is 4.01. The van der Waals surface area contributed by atoms with Crippen LogP contribution in [0.15, 0.2) is 48.3 Å². The number of aromatic amines is 1. The summed E-state index contributed by atoms with van der Waals surface area (Å²) >= 11 is 0. The maximum Gasteiger partial charge on any atom is 0.193 e. The van der Waals surface area contributed by atoms with E-state index in [2.05, 4.69) is 4.98 Å². The summed E-state index contributed by atoms with van der Waals surface area (Å²) in [5.41, 5.74) is 2.55. The predicted molar refractivity (Wildman–Crippen MR) is 107 cm³/mol. The summed E-state index contributed by atoms with van der Waals surface area (Å²) in [5.74, 6) is 0.131. The summed E-state index contributed by atoms with van der Waals surface area (Å²) in [7, 11) is 2.95. The highest BCUT2D eigenvalue weighted by Gasteiger charge is 2.23. The molecule has 0 aliphatic rings. The number of aromatic hydroxyl groups is 1. The van der Waals surface area contributed by atoms with E-state index in [4.69, 9.17) is 14.2 Å². The third kappa shape index (κ3) is 5.44. The topological polar surface area (TPSA) is 79.1 Å². The van der Waals surface area contributed by atoms with Crippen LogP contribution in [0.5, 0.6) is 17.2 Å². The van der Waals surface area contributed by atoms with Crippen LogP contribution in [0.2, 0.25) is 0 Å². The minimum absolute atomic E-state index is 0.0165. The van der Waals surface area contributed by atoms with Crippen LogP contribution in [0, 0.1) is 0 Å². The Bertz CT molecular complexity index is 868. The number of phenolic OH excluding ortho intramolecular Hbond substituents is 1. The van der Waals surface area contributed by atoms with Gasteiger partial charge in [-0.05, 0) is 31.9 Å². The molecule has 1 heterocycles. The maximum atomic E-state index is 12.8. The average Bonchev–Trinajstić information content (AvgIpc) is 2.69. The summed E-state index contributed by atoms with van der Waals surface area (Å²) in [6.45, 7) is 3.94. The van der Waals surface area contributed by atoms with Gasteiger partial charge in [-0.2, -0.15) is 0 Å². The Kier molecular flexibility index (Phi) is 7.77. The lowest BCUT2D eigenvalue weighted by molar-refractivity contribution is -0.378. The Morgan fingerprint density at radius 3 is 2.50 bits per heavy atom. The Morgan fingerprint density at radius 2 is 1.89 bits per heavy atom. The number of carbonyl (C=O) groups excluding carboxylic acids is 1. The molecular formula is C22H26NO5+. The van der Waals surface area contributed by atoms with Gasteiger partial charge in [-0.15, -0.1) is 0 Å². The Hall–Kier alpha value is -3.12. The molecule has 0 atom stereocenters. The van der Waals surface area contributed by atoms with Crippen molar-refractivity contribution in [1.82, 2.24) is 0 Å². The predicted octanol–water partition coefficient (Wildman–Crippen LogP) is 3.60. The number of ketones is 1. The smallest absolute Gasteiger partial charge is 0.193 e. The van der Waals surface area contributed by atoms with Gasteiger partial charge in [0.2, 0.25) is 0 Å². The van der Waals surface area contributed by atoms with E-state index < -0.39 is 0 Å². The minimum Gasteiger partial charge on any atom is -0.507 e. The van der Waals surface area contributed by atoms with Crippen LogP contribution < -0.4 is 14.5 Å². The first kappa shape index (κ1) is 21.2. The van der Waals surface area contributed by atoms with Crippen LogP contribution in [-0.2, 0) is 11.2 Å². The molecule has 0 saturated heterocycles. The number of hydrogen-bond acceptors (Lipinski definition) is 5. The molecule has 0 aliphatic heterocycles. The first-order valence-corrected chi connectivity index (χ1v) is 8.84. The Balaban J connectivity index is 2.49. The molecule has 2 aromatic rings. The highest BCUT2D eigenvalue weighted by atomic mass is 16.7. The fraction of sp³-hybridized carbons (Fsp3) is 0.273. The van der Waals surface area contributed by atoms with Gasteiger partial charge in [-0.3, -0.25) is 4.79 Å². The van der Waals surface area contributed by atoms with Gasteiger partial charge in [-0.25, -0.2) is 4.98 Å². The second-order valence-corrected chi connectivity index (χ2v) is 6.35. The van der Waals surface area contributed by atoms with Gasteiger partial charge in [0.15, 0.2) is 25.0 Å². The summed E-state index contributed by atoms with van der Waals surface area (Å²) < 4.78 is 15.9. The van der Waals surface area contributed by atoms with E-state index in [9.17, 15) is 9.90 Å². The molecule has 0 unspecified atom stereocenters. The molecule has 2 rings (SSSR count). The summed E-state index contributed by atoms with van der Waals surface area (Å²) in [6.07, 6.45) is 8.98. The standard InChI is InChI=1S/C22H25NO5/c1-15(2)5-7-17-19(28-14-26-3)13-20(27-4)21(22(17)25)18(24)8-6-16-9-11-23-12-10-16/h5-6,8-13,25H,7,14H2,1-4H3/p+1/b8-6+. The molecule has 6 nitrogen and oxygen atoms in total. The van der Waals surface area contributed by atoms with E-state index in [-0.39, 0.29) is 29.6 Å². The van der Waals surface area contributed by atoms with Crippen molar-refractivity contribution in [3.63, 3.8) is 0 Å². The van der Waals surface area contributed by atoms with Crippen molar-refractivity contribution in [3.05, 3.63) is 65.0 Å². The van der Waals surface area contributed by atoms with E-state index in [1.807, 2.05) is 32.1 Å². The first-order chi connectivity index (χ1) is 13.5. The molecule has 1 aromatic heterocycles. The number of hydrogen-bond donors (Lipinski definition) is 1. The van der Waals surface area contributed by atoms with Gasteiger partial charge in [0, 0.05) is 30.9 Å². The van der Waals surface area contributed by atoms with Crippen LogP contribution in [-0.4, -0.2) is 31.9 Å². The Morgan fingerprint density at radius 1 is 1.18 bits per heavy atom. The molecule has 28 heavy (non-hydrogen) atoms. The largest absolute Gasteiger partial charge is 0.507 e. The van der Waals surface area contributed by atoms with Gasteiger partial charge in [0.1, 0.15) is 22.8 Å². The van der Waals surface area contributed by atoms with Crippen LogP contribution in [0.25, 0.3) is 6.08 Å². The first-order valence-electron chi connectivity index (χ1n) is 8.84. The molecule has 6 heteroatoms. The molecule has 0 radical (unpaired) electrons. The quantitative estimate of drug-likeness (QED) is 0.309. The zero-order valence-corrected chi connectivity index (χ0v) is 16.6. The summed E-state index contributed by atoms with van der Waals surface area (Å²) in [4.78, 5) is 15.7. The lowest BCUT2D eigenvalue weighted by atomic mass is 9.99. The number of benzene rings is 1. The molecule has 0 aliphatic carbocycles. The number of methoxy groups -OCH3 is 2. The second kappa shape index (κ2) is 10.3. The number of pyridine rings is 1. The number of rotatable bonds is 9. The molecule has 0 bridgehead atoms. The molecule has 0 spiro atoms. The monoisotopic (exact) mass is 384 g/mol. The Labute approximate surface area is 165 Å². The van der Waals surface area contributed by atoms with E-state index in [0.717, 1.165) is 11.1 Å². The van der Waals surface area contributed by atoms with Crippen LogP contribution in [0.4, 0.5) is 0 Å². The number of H-pyrrole nitrogens is 1. The SMILES string of the molecule is COCOc1cc(OC)c(C(=O)/C=C/c2cc[nH+]cc2)c(O)c1CC=C(C)C. The summed E-state index contributed by atoms with van der Waals surface area (Å²) in [6, 6.07) is 5.27. The highest BCUT2D eigenvalue weighted by Crippen LogP contribution is 2.39. The molecule has 2 N–H and O–H groups in total. The molecule has 0 fully saturated rings. The second-order valence-electron chi connectivity index (χ2n) is 6.35. The van der Waals surface area contributed by atoms with E-state index in [1.54, 1.807) is 24.5 Å². The number of aromatic nitrogens is 1. The number of phenols is 1. The zero-order valence-electron chi connectivity index (χ0n) is 16.6. The fourth-order valence-corrected chi connectivity index (χ4v) is 2.58. The fourth-order valence-electron chi connectivity index (χ4n) is 2.58. The van der Waals surface area contributed by atoms with Crippen molar-refractivity contribution in [3.8, 4) is 17.2 Å². The number of allylic oxidation sites excluding steroid dienone is 3. The van der Waals surface area contributed by atoms with E-state index in [1.165, 1.54) is 20.3 Å². The van der Waals surface area contributed by atoms with E-state index in [0.29, 0.717) is 17.7 Å². The van der Waals surface area contributed by atoms with Gasteiger partial charge in [0.05, 0.1) is 7.11 Å². The molecule has 148 valence electrons. The lowest BCUT2D eigenvalue weighted by Crippen LogP contribution is -2.07. The van der Waals surface area contributed by atoms with Crippen molar-refractivity contribution < 1.29 is 29.1 Å². The molecular weight excluding hydrogens is 358 g/mol. The average molecular weight is 384 g/mol. The van der Waals surface area contributed by atoms with E-state index >= 15 is 0 Å². The van der Waals surface area contributed by atoms with Crippen LogP contribution >= 0.6 is 0 Å². The normalized spacial score (nSPS) is 10.7. The molecule has 1 aromatic carbocycles. The van der Waals surface area contributed by atoms with Gasteiger partial charge in [0.25, 0.3) is 0 Å². The third-order valence-electron chi connectivity index (χ3n) is 4.01. The van der Waals surface area contributed by atoms with Gasteiger partial charge >= 0.3 is 0 Å². The van der Waals surface area contributed by atoms with Crippen LogP contribution in [0.3, 0.4) is 0 Å². The van der Waals surface area contributed by atoms with Crippen LogP contribution in [0.1, 0.15) is 35.3 Å². The number of carbonyl (C=O) groups is 1. The van der Waals surface area contributed by atoms with Gasteiger partial charge < -0.3 is 19.3 Å². The number of nitrogens with one attached hydrogen (secondary N) is 1. The van der Waals surface area contributed by atoms with Gasteiger partial charge in [-0.1, -0.05) is 17.7 Å². The highest BCUT2D eigenvalue weighted by molar-refractivity contribution is 6.11. The van der Waals surface area contributed by atoms with Crippen molar-refractivity contribution in [2.24, 2.45) is 0 Å². The van der Waals surface area contributed by atoms with Crippen molar-refractivity contribution >= 4 is 11.9 Å². The number of ether oxygens (including phenoxy) is 3.